The van der Waals surface area contributed by atoms with Gasteiger partial charge in [-0.2, -0.15) is 0 Å². The van der Waals surface area contributed by atoms with Crippen LogP contribution < -0.4 is 0 Å². The highest BCUT2D eigenvalue weighted by Crippen LogP contribution is 2.19. The van der Waals surface area contributed by atoms with E-state index < -0.39 is 9.84 Å². The van der Waals surface area contributed by atoms with Crippen LogP contribution in [0.15, 0.2) is 59.6 Å². The Balaban J connectivity index is 1.93. The van der Waals surface area contributed by atoms with E-state index in [0.29, 0.717) is 11.4 Å². The Bertz CT molecular complexity index is 896. The molecule has 3 aromatic rings. The first kappa shape index (κ1) is 13.8. The molecular formula is C16H14FNO2S. The van der Waals surface area contributed by atoms with Gasteiger partial charge in [-0.1, -0.05) is 12.1 Å². The second-order valence-electron chi connectivity index (χ2n) is 5.06. The van der Waals surface area contributed by atoms with E-state index in [1.807, 2.05) is 16.8 Å². The molecule has 0 aliphatic rings. The van der Waals surface area contributed by atoms with Crippen LogP contribution in [0.4, 0.5) is 4.39 Å². The molecule has 0 bridgehead atoms. The highest BCUT2D eigenvalue weighted by molar-refractivity contribution is 7.90. The smallest absolute Gasteiger partial charge is 0.175 e. The normalized spacial score (nSPS) is 11.9. The minimum atomic E-state index is -3.18. The van der Waals surface area contributed by atoms with E-state index in [0.717, 1.165) is 16.5 Å². The van der Waals surface area contributed by atoms with Crippen LogP contribution in [0.1, 0.15) is 5.56 Å². The first-order chi connectivity index (χ1) is 9.93. The van der Waals surface area contributed by atoms with Crippen molar-refractivity contribution >= 4 is 20.7 Å². The largest absolute Gasteiger partial charge is 0.343 e. The fraction of sp³-hybridized carbons (Fsp3) is 0.125. The van der Waals surface area contributed by atoms with Gasteiger partial charge in [0.25, 0.3) is 0 Å². The predicted octanol–water partition coefficient (Wildman–Crippen LogP) is 3.23. The molecule has 1 aromatic heterocycles. The van der Waals surface area contributed by atoms with Crippen LogP contribution >= 0.6 is 0 Å². The highest BCUT2D eigenvalue weighted by atomic mass is 32.2. The van der Waals surface area contributed by atoms with Gasteiger partial charge in [0.15, 0.2) is 9.84 Å². The summed E-state index contributed by atoms with van der Waals surface area (Å²) in [7, 11) is -3.18. The number of sulfone groups is 1. The van der Waals surface area contributed by atoms with Crippen molar-refractivity contribution in [3.05, 3.63) is 66.1 Å². The van der Waals surface area contributed by atoms with Gasteiger partial charge in [-0.25, -0.2) is 12.8 Å². The molecule has 0 atom stereocenters. The molecule has 2 aromatic carbocycles. The molecule has 0 spiro atoms. The number of nitrogens with zero attached hydrogens (tertiary/aromatic N) is 1. The molecule has 0 unspecified atom stereocenters. The average Bonchev–Trinajstić information content (AvgIpc) is 2.81. The first-order valence-corrected chi connectivity index (χ1v) is 8.36. The van der Waals surface area contributed by atoms with Gasteiger partial charge < -0.3 is 4.57 Å². The summed E-state index contributed by atoms with van der Waals surface area (Å²) in [6.45, 7) is 0.566. The zero-order valence-corrected chi connectivity index (χ0v) is 12.3. The maximum absolute atomic E-state index is 13.3. The highest BCUT2D eigenvalue weighted by Gasteiger charge is 2.07. The second kappa shape index (κ2) is 5.00. The first-order valence-electron chi connectivity index (χ1n) is 6.47. The summed E-state index contributed by atoms with van der Waals surface area (Å²) in [5, 5.41) is 0.976. The van der Waals surface area contributed by atoms with Crippen molar-refractivity contribution in [3.63, 3.8) is 0 Å². The summed E-state index contributed by atoms with van der Waals surface area (Å²) in [6, 6.07) is 13.4. The number of benzene rings is 2. The third-order valence-corrected chi connectivity index (χ3v) is 4.57. The van der Waals surface area contributed by atoms with E-state index in [4.69, 9.17) is 0 Å². The lowest BCUT2D eigenvalue weighted by Gasteiger charge is -2.07. The van der Waals surface area contributed by atoms with E-state index in [1.54, 1.807) is 30.3 Å². The summed E-state index contributed by atoms with van der Waals surface area (Å²) in [5.41, 5.74) is 1.78. The fourth-order valence-corrected chi connectivity index (χ4v) is 2.96. The van der Waals surface area contributed by atoms with E-state index in [1.165, 1.54) is 18.4 Å². The summed E-state index contributed by atoms with van der Waals surface area (Å²) in [6.07, 6.45) is 3.08. The lowest BCUT2D eigenvalue weighted by molar-refractivity contribution is 0.602. The van der Waals surface area contributed by atoms with Crippen LogP contribution in [-0.2, 0) is 16.4 Å². The molecule has 3 rings (SSSR count). The zero-order chi connectivity index (χ0) is 15.0. The Morgan fingerprint density at radius 1 is 1.05 bits per heavy atom. The van der Waals surface area contributed by atoms with Gasteiger partial charge in [0.1, 0.15) is 5.82 Å². The van der Waals surface area contributed by atoms with E-state index in [9.17, 15) is 12.8 Å². The van der Waals surface area contributed by atoms with Crippen LogP contribution in [0.3, 0.4) is 0 Å². The number of halogens is 1. The quantitative estimate of drug-likeness (QED) is 0.745. The lowest BCUT2D eigenvalue weighted by Crippen LogP contribution is -2.00. The lowest BCUT2D eigenvalue weighted by atomic mass is 10.2. The molecule has 3 nitrogen and oxygen atoms in total. The van der Waals surface area contributed by atoms with Crippen molar-refractivity contribution in [1.82, 2.24) is 4.57 Å². The van der Waals surface area contributed by atoms with Crippen molar-refractivity contribution in [1.29, 1.82) is 0 Å². The number of fused-ring (bicyclic) bond motifs is 1. The van der Waals surface area contributed by atoms with Crippen molar-refractivity contribution in [3.8, 4) is 0 Å². The van der Waals surface area contributed by atoms with Gasteiger partial charge in [-0.15, -0.1) is 0 Å². The molecule has 0 saturated carbocycles. The fourth-order valence-electron chi connectivity index (χ4n) is 2.33. The maximum atomic E-state index is 13.3. The van der Waals surface area contributed by atoms with Gasteiger partial charge in [-0.3, -0.25) is 0 Å². The van der Waals surface area contributed by atoms with Crippen LogP contribution in [0.5, 0.6) is 0 Å². The van der Waals surface area contributed by atoms with E-state index in [-0.39, 0.29) is 5.82 Å². The molecule has 0 amide bonds. The van der Waals surface area contributed by atoms with E-state index >= 15 is 0 Å². The Morgan fingerprint density at radius 2 is 1.76 bits per heavy atom. The molecule has 0 radical (unpaired) electrons. The monoisotopic (exact) mass is 303 g/mol. The summed E-state index contributed by atoms with van der Waals surface area (Å²) in [4.78, 5) is 0.301. The average molecular weight is 303 g/mol. The Morgan fingerprint density at radius 3 is 2.43 bits per heavy atom. The summed E-state index contributed by atoms with van der Waals surface area (Å²) >= 11 is 0. The van der Waals surface area contributed by atoms with Gasteiger partial charge in [0.05, 0.1) is 10.4 Å². The van der Waals surface area contributed by atoms with Crippen molar-refractivity contribution in [2.75, 3.05) is 6.26 Å². The SMILES string of the molecule is CS(=O)(=O)c1ccc(Cn2ccc3ccc(F)cc32)cc1. The molecular weight excluding hydrogens is 289 g/mol. The third kappa shape index (κ3) is 2.83. The number of hydrogen-bond acceptors (Lipinski definition) is 2. The molecule has 0 fully saturated rings. The van der Waals surface area contributed by atoms with Gasteiger partial charge in [-0.05, 0) is 47.3 Å². The molecule has 5 heteroatoms. The van der Waals surface area contributed by atoms with Crippen LogP contribution in [-0.4, -0.2) is 19.2 Å². The number of rotatable bonds is 3. The minimum absolute atomic E-state index is 0.269. The Labute approximate surface area is 122 Å². The second-order valence-corrected chi connectivity index (χ2v) is 7.08. The maximum Gasteiger partial charge on any atom is 0.175 e. The minimum Gasteiger partial charge on any atom is -0.343 e. The molecule has 0 N–H and O–H groups in total. The molecule has 108 valence electrons. The molecule has 0 saturated heterocycles. The van der Waals surface area contributed by atoms with Gasteiger partial charge in [0, 0.05) is 19.0 Å². The van der Waals surface area contributed by atoms with Crippen LogP contribution in [0.2, 0.25) is 0 Å². The van der Waals surface area contributed by atoms with Gasteiger partial charge in [0.2, 0.25) is 0 Å². The van der Waals surface area contributed by atoms with Crippen LogP contribution in [0.25, 0.3) is 10.9 Å². The number of aromatic nitrogens is 1. The van der Waals surface area contributed by atoms with Crippen LogP contribution in [0, 0.1) is 5.82 Å². The summed E-state index contributed by atoms with van der Waals surface area (Å²) in [5.74, 6) is -0.269. The zero-order valence-electron chi connectivity index (χ0n) is 11.5. The molecule has 1 heterocycles. The summed E-state index contributed by atoms with van der Waals surface area (Å²) < 4.78 is 38.1. The standard InChI is InChI=1S/C16H14FNO2S/c1-21(19,20)15-6-2-12(3-7-15)11-18-9-8-13-4-5-14(17)10-16(13)18/h2-10H,11H2,1H3. The third-order valence-electron chi connectivity index (χ3n) is 3.44. The predicted molar refractivity (Wildman–Crippen MR) is 80.5 cm³/mol. The Hall–Kier alpha value is -2.14. The Kier molecular flexibility index (Phi) is 3.29. The number of hydrogen-bond donors (Lipinski definition) is 0. The van der Waals surface area contributed by atoms with Crippen molar-refractivity contribution < 1.29 is 12.8 Å². The molecule has 0 aliphatic carbocycles. The van der Waals surface area contributed by atoms with Gasteiger partial charge >= 0.3 is 0 Å². The van der Waals surface area contributed by atoms with Crippen molar-refractivity contribution in [2.24, 2.45) is 0 Å². The molecule has 0 aliphatic heterocycles. The molecule has 21 heavy (non-hydrogen) atoms. The van der Waals surface area contributed by atoms with E-state index in [2.05, 4.69) is 0 Å². The topological polar surface area (TPSA) is 39.1 Å². The van der Waals surface area contributed by atoms with Crippen molar-refractivity contribution in [2.45, 2.75) is 11.4 Å².